The van der Waals surface area contributed by atoms with Crippen molar-refractivity contribution in [1.29, 1.82) is 0 Å². The summed E-state index contributed by atoms with van der Waals surface area (Å²) < 4.78 is 18.2. The third-order valence-corrected chi connectivity index (χ3v) is 2.92. The summed E-state index contributed by atoms with van der Waals surface area (Å²) in [6.07, 6.45) is 1.34. The predicted molar refractivity (Wildman–Crippen MR) is 55.1 cm³/mol. The van der Waals surface area contributed by atoms with E-state index >= 15 is 0 Å². The molecule has 1 aliphatic rings. The summed E-state index contributed by atoms with van der Waals surface area (Å²) in [7, 11) is 0. The quantitative estimate of drug-likeness (QED) is 0.826. The molecule has 0 saturated carbocycles. The van der Waals surface area contributed by atoms with Crippen molar-refractivity contribution in [2.45, 2.75) is 25.4 Å². The van der Waals surface area contributed by atoms with Gasteiger partial charge in [0.2, 0.25) is 0 Å². The van der Waals surface area contributed by atoms with Crippen LogP contribution in [0.1, 0.15) is 24.5 Å². The molecule has 1 N–H and O–H groups in total. The van der Waals surface area contributed by atoms with Crippen LogP contribution in [0.5, 0.6) is 0 Å². The van der Waals surface area contributed by atoms with Crippen LogP contribution in [0.3, 0.4) is 0 Å². The number of ether oxygens (including phenoxy) is 1. The fourth-order valence-corrected chi connectivity index (χ4v) is 2.12. The van der Waals surface area contributed by atoms with E-state index in [2.05, 4.69) is 0 Å². The Kier molecular flexibility index (Phi) is 2.76. The first kappa shape index (κ1) is 10.6. The fraction of sp³-hybridized carbons (Fsp3) is 0.500. The number of fused-ring (bicyclic) bond motifs is 1. The lowest BCUT2D eigenvalue weighted by Crippen LogP contribution is -2.28. The highest BCUT2D eigenvalue weighted by molar-refractivity contribution is 5.37. The second-order valence-electron chi connectivity index (χ2n) is 3.97. The van der Waals surface area contributed by atoms with E-state index in [9.17, 15) is 9.50 Å². The summed E-state index contributed by atoms with van der Waals surface area (Å²) in [5, 5.41) is 10.3. The lowest BCUT2D eigenvalue weighted by molar-refractivity contribution is -0.0464. The van der Waals surface area contributed by atoms with E-state index in [0.29, 0.717) is 19.6 Å². The van der Waals surface area contributed by atoms with Crippen molar-refractivity contribution in [2.24, 2.45) is 0 Å². The van der Waals surface area contributed by atoms with Gasteiger partial charge in [-0.1, -0.05) is 6.07 Å². The van der Waals surface area contributed by atoms with Gasteiger partial charge >= 0.3 is 0 Å². The average molecular weight is 210 g/mol. The van der Waals surface area contributed by atoms with Gasteiger partial charge in [-0.2, -0.15) is 0 Å². The molecule has 1 atom stereocenters. The molecule has 0 bridgehead atoms. The first-order chi connectivity index (χ1) is 7.15. The number of hydrogen-bond donors (Lipinski definition) is 1. The van der Waals surface area contributed by atoms with Crippen molar-refractivity contribution in [2.75, 3.05) is 13.2 Å². The molecule has 0 aromatic heterocycles. The van der Waals surface area contributed by atoms with Crippen LogP contribution in [0.2, 0.25) is 0 Å². The molecular weight excluding hydrogens is 195 g/mol. The van der Waals surface area contributed by atoms with Gasteiger partial charge in [0, 0.05) is 6.61 Å². The maximum Gasteiger partial charge on any atom is 0.123 e. The van der Waals surface area contributed by atoms with Gasteiger partial charge < -0.3 is 9.84 Å². The zero-order valence-electron chi connectivity index (χ0n) is 8.79. The summed E-state index contributed by atoms with van der Waals surface area (Å²) in [5.41, 5.74) is 0.800. The first-order valence-corrected chi connectivity index (χ1v) is 5.25. The van der Waals surface area contributed by atoms with Crippen molar-refractivity contribution < 1.29 is 14.2 Å². The second-order valence-corrected chi connectivity index (χ2v) is 3.97. The molecule has 1 aromatic carbocycles. The van der Waals surface area contributed by atoms with Crippen molar-refractivity contribution in [3.63, 3.8) is 0 Å². The minimum Gasteiger partial charge on any atom is -0.383 e. The second kappa shape index (κ2) is 3.91. The molecule has 2 nitrogen and oxygen atoms in total. The Bertz CT molecular complexity index is 365. The fourth-order valence-electron chi connectivity index (χ4n) is 2.12. The van der Waals surface area contributed by atoms with Gasteiger partial charge in [0.05, 0.1) is 6.61 Å². The Hall–Kier alpha value is -0.930. The van der Waals surface area contributed by atoms with Crippen LogP contribution >= 0.6 is 0 Å². The van der Waals surface area contributed by atoms with Crippen LogP contribution in [-0.4, -0.2) is 18.3 Å². The molecule has 0 heterocycles. The third kappa shape index (κ3) is 1.90. The van der Waals surface area contributed by atoms with Gasteiger partial charge in [-0.15, -0.1) is 0 Å². The van der Waals surface area contributed by atoms with Crippen LogP contribution in [0, 0.1) is 5.82 Å². The molecule has 1 aromatic rings. The van der Waals surface area contributed by atoms with E-state index in [1.165, 1.54) is 12.1 Å². The van der Waals surface area contributed by atoms with Gasteiger partial charge in [0.15, 0.2) is 0 Å². The van der Waals surface area contributed by atoms with Gasteiger partial charge in [-0.3, -0.25) is 0 Å². The largest absolute Gasteiger partial charge is 0.383 e. The topological polar surface area (TPSA) is 29.5 Å². The number of aryl methyl sites for hydroxylation is 1. The number of aliphatic hydroxyl groups is 1. The standard InChI is InChI=1S/C12H15FO2/c1-2-15-8-12(14)6-5-9-7-10(13)3-4-11(9)12/h3-4,7,14H,2,5-6,8H2,1H3. The highest BCUT2D eigenvalue weighted by atomic mass is 19.1. The lowest BCUT2D eigenvalue weighted by atomic mass is 9.97. The first-order valence-electron chi connectivity index (χ1n) is 5.25. The Morgan fingerprint density at radius 2 is 2.33 bits per heavy atom. The van der Waals surface area contributed by atoms with E-state index in [4.69, 9.17) is 4.74 Å². The Balaban J connectivity index is 2.27. The highest BCUT2D eigenvalue weighted by Gasteiger charge is 2.36. The molecule has 1 aliphatic carbocycles. The van der Waals surface area contributed by atoms with Gasteiger partial charge in [-0.05, 0) is 43.0 Å². The van der Waals surface area contributed by atoms with E-state index in [0.717, 1.165) is 17.5 Å². The minimum absolute atomic E-state index is 0.241. The molecule has 0 spiro atoms. The molecule has 0 amide bonds. The number of halogens is 1. The summed E-state index contributed by atoms with van der Waals surface area (Å²) in [6, 6.07) is 4.55. The summed E-state index contributed by atoms with van der Waals surface area (Å²) in [4.78, 5) is 0. The maximum atomic E-state index is 13.0. The molecule has 0 saturated heterocycles. The van der Waals surface area contributed by atoms with Crippen LogP contribution in [0.4, 0.5) is 4.39 Å². The third-order valence-electron chi connectivity index (χ3n) is 2.92. The summed E-state index contributed by atoms with van der Waals surface area (Å²) in [5.74, 6) is -0.241. The number of rotatable bonds is 3. The average Bonchev–Trinajstić information content (AvgIpc) is 2.54. The molecule has 1 unspecified atom stereocenters. The normalized spacial score (nSPS) is 24.2. The van der Waals surface area contributed by atoms with Crippen LogP contribution < -0.4 is 0 Å². The minimum atomic E-state index is -0.918. The van der Waals surface area contributed by atoms with Crippen LogP contribution in [-0.2, 0) is 16.8 Å². The van der Waals surface area contributed by atoms with Gasteiger partial charge in [0.25, 0.3) is 0 Å². The van der Waals surface area contributed by atoms with Crippen LogP contribution in [0.25, 0.3) is 0 Å². The Labute approximate surface area is 88.7 Å². The predicted octanol–water partition coefficient (Wildman–Crippen LogP) is 2.00. The maximum absolute atomic E-state index is 13.0. The van der Waals surface area contributed by atoms with E-state index < -0.39 is 5.60 Å². The van der Waals surface area contributed by atoms with E-state index in [-0.39, 0.29) is 5.82 Å². The molecule has 15 heavy (non-hydrogen) atoms. The molecule has 0 radical (unpaired) electrons. The van der Waals surface area contributed by atoms with Crippen molar-refractivity contribution in [3.05, 3.63) is 35.1 Å². The zero-order valence-corrected chi connectivity index (χ0v) is 8.79. The molecule has 2 rings (SSSR count). The zero-order chi connectivity index (χ0) is 10.9. The van der Waals surface area contributed by atoms with Crippen molar-refractivity contribution in [3.8, 4) is 0 Å². The van der Waals surface area contributed by atoms with E-state index in [1.807, 2.05) is 6.92 Å². The van der Waals surface area contributed by atoms with Gasteiger partial charge in [0.1, 0.15) is 11.4 Å². The molecule has 0 fully saturated rings. The SMILES string of the molecule is CCOCC1(O)CCc2cc(F)ccc21. The summed E-state index contributed by atoms with van der Waals surface area (Å²) in [6.45, 7) is 2.77. The summed E-state index contributed by atoms with van der Waals surface area (Å²) >= 11 is 0. The Morgan fingerprint density at radius 1 is 1.53 bits per heavy atom. The van der Waals surface area contributed by atoms with Crippen molar-refractivity contribution >= 4 is 0 Å². The number of benzene rings is 1. The van der Waals surface area contributed by atoms with Crippen LogP contribution in [0.15, 0.2) is 18.2 Å². The highest BCUT2D eigenvalue weighted by Crippen LogP contribution is 2.37. The lowest BCUT2D eigenvalue weighted by Gasteiger charge is -2.23. The molecule has 3 heteroatoms. The molecule has 82 valence electrons. The molecular formula is C12H15FO2. The Morgan fingerprint density at radius 3 is 3.07 bits per heavy atom. The van der Waals surface area contributed by atoms with Crippen molar-refractivity contribution in [1.82, 2.24) is 0 Å². The smallest absolute Gasteiger partial charge is 0.123 e. The monoisotopic (exact) mass is 210 g/mol. The van der Waals surface area contributed by atoms with Gasteiger partial charge in [-0.25, -0.2) is 4.39 Å². The molecule has 0 aliphatic heterocycles. The van der Waals surface area contributed by atoms with E-state index in [1.54, 1.807) is 6.07 Å². The number of hydrogen-bond acceptors (Lipinski definition) is 2.